The van der Waals surface area contributed by atoms with E-state index >= 15 is 0 Å². The zero-order chi connectivity index (χ0) is 24.2. The molecule has 1 atom stereocenters. The number of methoxy groups -OCH3 is 1. The first kappa shape index (κ1) is 23.0. The molecule has 6 heteroatoms. The standard InChI is InChI=1S/C29H31N3O3/c1-21-11-3-7-15-26(21)35-18-10-9-17-31-24-13-5-4-12-23(24)30-29(31)22-19-28(33)32(20-22)25-14-6-8-16-27(25)34-2/h3-8,11-16,22H,9-10,17-20H2,1-2H3. The van der Waals surface area contributed by atoms with Crippen LogP contribution in [0.3, 0.4) is 0 Å². The second-order valence-corrected chi connectivity index (χ2v) is 9.01. The number of carbonyl (C=O) groups excluding carboxylic acids is 1. The van der Waals surface area contributed by atoms with Crippen molar-refractivity contribution in [2.75, 3.05) is 25.2 Å². The van der Waals surface area contributed by atoms with Crippen LogP contribution in [-0.4, -0.2) is 35.7 Å². The number of carbonyl (C=O) groups is 1. The van der Waals surface area contributed by atoms with Gasteiger partial charge in [0.25, 0.3) is 0 Å². The SMILES string of the molecule is COc1ccccc1N1CC(c2nc3ccccc3n2CCCCOc2ccccc2C)CC1=O. The number of hydrogen-bond acceptors (Lipinski definition) is 4. The van der Waals surface area contributed by atoms with Crippen molar-refractivity contribution in [2.45, 2.75) is 38.6 Å². The molecule has 1 aliphatic rings. The number of anilines is 1. The van der Waals surface area contributed by atoms with Crippen LogP contribution in [0.4, 0.5) is 5.69 Å². The monoisotopic (exact) mass is 469 g/mol. The summed E-state index contributed by atoms with van der Waals surface area (Å²) >= 11 is 0. The topological polar surface area (TPSA) is 56.6 Å². The molecule has 35 heavy (non-hydrogen) atoms. The first-order valence-corrected chi connectivity index (χ1v) is 12.2. The molecule has 1 fully saturated rings. The fraction of sp³-hybridized carbons (Fsp3) is 0.310. The Labute approximate surface area is 206 Å². The number of aromatic nitrogens is 2. The molecule has 3 aromatic carbocycles. The molecule has 0 saturated carbocycles. The fourth-order valence-corrected chi connectivity index (χ4v) is 4.88. The van der Waals surface area contributed by atoms with E-state index in [1.165, 1.54) is 0 Å². The molecular weight excluding hydrogens is 438 g/mol. The highest BCUT2D eigenvalue weighted by atomic mass is 16.5. The highest BCUT2D eigenvalue weighted by Crippen LogP contribution is 2.37. The van der Waals surface area contributed by atoms with E-state index in [4.69, 9.17) is 14.5 Å². The van der Waals surface area contributed by atoms with Gasteiger partial charge >= 0.3 is 0 Å². The number of nitrogens with zero attached hydrogens (tertiary/aromatic N) is 3. The maximum atomic E-state index is 13.0. The van der Waals surface area contributed by atoms with Crippen LogP contribution in [0.2, 0.25) is 0 Å². The first-order chi connectivity index (χ1) is 17.2. The number of unbranched alkanes of at least 4 members (excludes halogenated alkanes) is 1. The lowest BCUT2D eigenvalue weighted by Gasteiger charge is -2.19. The summed E-state index contributed by atoms with van der Waals surface area (Å²) in [5.41, 5.74) is 4.06. The zero-order valence-corrected chi connectivity index (χ0v) is 20.3. The number of hydrogen-bond donors (Lipinski definition) is 0. The molecule has 4 aromatic rings. The number of fused-ring (bicyclic) bond motifs is 1. The molecule has 1 amide bonds. The van der Waals surface area contributed by atoms with Crippen LogP contribution < -0.4 is 14.4 Å². The van der Waals surface area contributed by atoms with Crippen LogP contribution in [0.15, 0.2) is 72.8 Å². The quantitative estimate of drug-likeness (QED) is 0.294. The van der Waals surface area contributed by atoms with Crippen molar-refractivity contribution in [3.8, 4) is 11.5 Å². The lowest BCUT2D eigenvalue weighted by molar-refractivity contribution is -0.117. The van der Waals surface area contributed by atoms with E-state index in [0.717, 1.165) is 53.2 Å². The van der Waals surface area contributed by atoms with E-state index in [1.54, 1.807) is 7.11 Å². The van der Waals surface area contributed by atoms with Crippen LogP contribution in [0.25, 0.3) is 11.0 Å². The number of imidazole rings is 1. The Hall–Kier alpha value is -3.80. The van der Waals surface area contributed by atoms with Gasteiger partial charge in [-0.25, -0.2) is 4.98 Å². The van der Waals surface area contributed by atoms with Crippen molar-refractivity contribution in [1.82, 2.24) is 9.55 Å². The predicted octanol–water partition coefficient (Wildman–Crippen LogP) is 5.73. The van der Waals surface area contributed by atoms with Gasteiger partial charge in [-0.2, -0.15) is 0 Å². The van der Waals surface area contributed by atoms with Crippen molar-refractivity contribution in [3.05, 3.63) is 84.2 Å². The van der Waals surface area contributed by atoms with Gasteiger partial charge in [-0.3, -0.25) is 4.79 Å². The number of para-hydroxylation sites is 5. The maximum absolute atomic E-state index is 13.0. The molecule has 180 valence electrons. The van der Waals surface area contributed by atoms with Gasteiger partial charge in [-0.15, -0.1) is 0 Å². The van der Waals surface area contributed by atoms with Gasteiger partial charge in [0.15, 0.2) is 0 Å². The van der Waals surface area contributed by atoms with E-state index in [1.807, 2.05) is 65.6 Å². The molecule has 0 radical (unpaired) electrons. The van der Waals surface area contributed by atoms with Crippen molar-refractivity contribution in [1.29, 1.82) is 0 Å². The summed E-state index contributed by atoms with van der Waals surface area (Å²) in [7, 11) is 1.64. The van der Waals surface area contributed by atoms with E-state index in [2.05, 4.69) is 23.6 Å². The Morgan fingerprint density at radius 2 is 1.69 bits per heavy atom. The summed E-state index contributed by atoms with van der Waals surface area (Å²) in [6.45, 7) is 4.18. The third kappa shape index (κ3) is 4.74. The van der Waals surface area contributed by atoms with Crippen molar-refractivity contribution in [2.24, 2.45) is 0 Å². The molecule has 0 aliphatic carbocycles. The fourth-order valence-electron chi connectivity index (χ4n) is 4.88. The smallest absolute Gasteiger partial charge is 0.227 e. The molecule has 5 rings (SSSR count). The molecule has 0 N–H and O–H groups in total. The Balaban J connectivity index is 1.31. The molecule has 1 aliphatic heterocycles. The third-order valence-electron chi connectivity index (χ3n) is 6.68. The predicted molar refractivity (Wildman–Crippen MR) is 138 cm³/mol. The lowest BCUT2D eigenvalue weighted by atomic mass is 10.1. The molecule has 2 heterocycles. The van der Waals surface area contributed by atoms with E-state index in [0.29, 0.717) is 25.3 Å². The van der Waals surface area contributed by atoms with Gasteiger partial charge < -0.3 is 18.9 Å². The van der Waals surface area contributed by atoms with Gasteiger partial charge in [0.05, 0.1) is 30.4 Å². The van der Waals surface area contributed by atoms with Gasteiger partial charge in [-0.05, 0) is 55.7 Å². The highest BCUT2D eigenvalue weighted by molar-refractivity contribution is 5.97. The Kier molecular flexibility index (Phi) is 6.70. The minimum absolute atomic E-state index is 0.0306. The molecule has 1 unspecified atom stereocenters. The summed E-state index contributed by atoms with van der Waals surface area (Å²) in [6, 6.07) is 24.0. The zero-order valence-electron chi connectivity index (χ0n) is 20.3. The van der Waals surface area contributed by atoms with Gasteiger partial charge in [-0.1, -0.05) is 42.5 Å². The van der Waals surface area contributed by atoms with Gasteiger partial charge in [0.1, 0.15) is 17.3 Å². The minimum Gasteiger partial charge on any atom is -0.495 e. The molecule has 0 spiro atoms. The van der Waals surface area contributed by atoms with Crippen molar-refractivity contribution >= 4 is 22.6 Å². The normalized spacial score (nSPS) is 15.7. The Morgan fingerprint density at radius 3 is 2.51 bits per heavy atom. The first-order valence-electron chi connectivity index (χ1n) is 12.2. The minimum atomic E-state index is 0.0306. The Bertz CT molecular complexity index is 1330. The second kappa shape index (κ2) is 10.2. The summed E-state index contributed by atoms with van der Waals surface area (Å²) < 4.78 is 13.8. The summed E-state index contributed by atoms with van der Waals surface area (Å²) in [4.78, 5) is 19.8. The number of aryl methyl sites for hydroxylation is 2. The largest absolute Gasteiger partial charge is 0.495 e. The highest BCUT2D eigenvalue weighted by Gasteiger charge is 2.35. The molecule has 6 nitrogen and oxygen atoms in total. The summed E-state index contributed by atoms with van der Waals surface area (Å²) in [6.07, 6.45) is 2.35. The third-order valence-corrected chi connectivity index (χ3v) is 6.68. The van der Waals surface area contributed by atoms with Crippen LogP contribution in [0, 0.1) is 6.92 Å². The maximum Gasteiger partial charge on any atom is 0.227 e. The number of amides is 1. The van der Waals surface area contributed by atoms with Crippen LogP contribution >= 0.6 is 0 Å². The average Bonchev–Trinajstić information content (AvgIpc) is 3.45. The molecule has 1 saturated heterocycles. The van der Waals surface area contributed by atoms with Crippen molar-refractivity contribution in [3.63, 3.8) is 0 Å². The van der Waals surface area contributed by atoms with E-state index in [-0.39, 0.29) is 11.8 Å². The van der Waals surface area contributed by atoms with Crippen molar-refractivity contribution < 1.29 is 14.3 Å². The summed E-state index contributed by atoms with van der Waals surface area (Å²) in [5, 5.41) is 0. The lowest BCUT2D eigenvalue weighted by Crippen LogP contribution is -2.25. The van der Waals surface area contributed by atoms with Gasteiger partial charge in [0.2, 0.25) is 5.91 Å². The van der Waals surface area contributed by atoms with Crippen LogP contribution in [-0.2, 0) is 11.3 Å². The molecule has 0 bridgehead atoms. The van der Waals surface area contributed by atoms with Crippen LogP contribution in [0.5, 0.6) is 11.5 Å². The molecular formula is C29H31N3O3. The van der Waals surface area contributed by atoms with Crippen LogP contribution in [0.1, 0.15) is 36.6 Å². The number of ether oxygens (including phenoxy) is 2. The van der Waals surface area contributed by atoms with E-state index < -0.39 is 0 Å². The number of benzene rings is 3. The summed E-state index contributed by atoms with van der Waals surface area (Å²) in [5.74, 6) is 2.77. The van der Waals surface area contributed by atoms with E-state index in [9.17, 15) is 4.79 Å². The Morgan fingerprint density at radius 1 is 0.943 bits per heavy atom. The molecule has 1 aromatic heterocycles. The number of rotatable bonds is 9. The second-order valence-electron chi connectivity index (χ2n) is 9.01. The van der Waals surface area contributed by atoms with Gasteiger partial charge in [0, 0.05) is 25.4 Å². The average molecular weight is 470 g/mol.